The Hall–Kier alpha value is -1.18. The molecule has 100 valence electrons. The molecule has 1 atom stereocenters. The molecule has 7 heteroatoms. The molecule has 3 N–H and O–H groups in total. The Balaban J connectivity index is 2.31. The lowest BCUT2D eigenvalue weighted by molar-refractivity contribution is 0.233. The number of hydrogen-bond donors (Lipinski definition) is 2. The van der Waals surface area contributed by atoms with Crippen molar-refractivity contribution in [3.63, 3.8) is 0 Å². The van der Waals surface area contributed by atoms with Gasteiger partial charge < -0.3 is 10.8 Å². The zero-order chi connectivity index (χ0) is 13.3. The Kier molecular flexibility index (Phi) is 3.56. The summed E-state index contributed by atoms with van der Waals surface area (Å²) < 4.78 is 38.9. The molecule has 0 aliphatic carbocycles. The lowest BCUT2D eigenvalue weighted by Gasteiger charge is -2.16. The number of nitrogens with two attached hydrogens (primary N) is 1. The van der Waals surface area contributed by atoms with E-state index in [1.165, 1.54) is 10.4 Å². The number of halogens is 1. The van der Waals surface area contributed by atoms with Crippen LogP contribution in [0.3, 0.4) is 0 Å². The van der Waals surface area contributed by atoms with Gasteiger partial charge in [0, 0.05) is 25.4 Å². The Morgan fingerprint density at radius 3 is 2.72 bits per heavy atom. The van der Waals surface area contributed by atoms with E-state index in [-0.39, 0.29) is 29.7 Å². The van der Waals surface area contributed by atoms with Gasteiger partial charge in [-0.2, -0.15) is 4.31 Å². The molecule has 0 spiro atoms. The molecule has 0 bridgehead atoms. The summed E-state index contributed by atoms with van der Waals surface area (Å²) in [4.78, 5) is -0.140. The first kappa shape index (κ1) is 13.3. The van der Waals surface area contributed by atoms with Crippen molar-refractivity contribution in [3.05, 3.63) is 24.0 Å². The second-order valence-electron chi connectivity index (χ2n) is 4.42. The van der Waals surface area contributed by atoms with E-state index in [4.69, 9.17) is 10.8 Å². The van der Waals surface area contributed by atoms with Crippen LogP contribution in [0.5, 0.6) is 0 Å². The molecule has 0 aromatic heterocycles. The van der Waals surface area contributed by atoms with Gasteiger partial charge in [0.05, 0.1) is 4.90 Å². The third kappa shape index (κ3) is 2.47. The minimum atomic E-state index is -3.72. The summed E-state index contributed by atoms with van der Waals surface area (Å²) in [5.74, 6) is -0.725. The predicted octanol–water partition coefficient (Wildman–Crippen LogP) is 0.411. The summed E-state index contributed by atoms with van der Waals surface area (Å²) in [7, 11) is -3.72. The molecule has 2 rings (SSSR count). The van der Waals surface area contributed by atoms with Crippen LogP contribution in [0.1, 0.15) is 6.42 Å². The highest BCUT2D eigenvalue weighted by Gasteiger charge is 2.32. The summed E-state index contributed by atoms with van der Waals surface area (Å²) in [6.45, 7) is 0.552. The molecule has 5 nitrogen and oxygen atoms in total. The molecule has 0 radical (unpaired) electrons. The molecule has 1 saturated heterocycles. The summed E-state index contributed by atoms with van der Waals surface area (Å²) in [6, 6.07) is 3.27. The van der Waals surface area contributed by atoms with Gasteiger partial charge in [-0.3, -0.25) is 0 Å². The molecule has 1 aromatic rings. The average molecular weight is 274 g/mol. The molecule has 1 fully saturated rings. The van der Waals surface area contributed by atoms with Gasteiger partial charge in [-0.1, -0.05) is 0 Å². The fourth-order valence-electron chi connectivity index (χ4n) is 2.05. The van der Waals surface area contributed by atoms with Crippen molar-refractivity contribution >= 4 is 15.7 Å². The second-order valence-corrected chi connectivity index (χ2v) is 6.36. The van der Waals surface area contributed by atoms with Crippen molar-refractivity contribution in [3.8, 4) is 0 Å². The first-order chi connectivity index (χ1) is 8.43. The van der Waals surface area contributed by atoms with Crippen LogP contribution in [-0.4, -0.2) is 37.5 Å². The maximum Gasteiger partial charge on any atom is 0.243 e. The van der Waals surface area contributed by atoms with E-state index in [9.17, 15) is 12.8 Å². The number of nitrogen functional groups attached to an aromatic ring is 1. The quantitative estimate of drug-likeness (QED) is 0.782. The lowest BCUT2D eigenvalue weighted by Crippen LogP contribution is -2.29. The Bertz CT molecular complexity index is 527. The molecule has 1 unspecified atom stereocenters. The first-order valence-corrected chi connectivity index (χ1v) is 7.04. The molecule has 18 heavy (non-hydrogen) atoms. The zero-order valence-electron chi connectivity index (χ0n) is 9.71. The molecule has 1 aliphatic heterocycles. The largest absolute Gasteiger partial charge is 0.399 e. The second kappa shape index (κ2) is 4.83. The van der Waals surface area contributed by atoms with Crippen LogP contribution in [0.25, 0.3) is 0 Å². The van der Waals surface area contributed by atoms with Crippen molar-refractivity contribution < 1.29 is 17.9 Å². The highest BCUT2D eigenvalue weighted by atomic mass is 32.2. The monoisotopic (exact) mass is 274 g/mol. The van der Waals surface area contributed by atoms with E-state index < -0.39 is 15.8 Å². The normalized spacial score (nSPS) is 21.3. The van der Waals surface area contributed by atoms with E-state index in [2.05, 4.69) is 0 Å². The summed E-state index contributed by atoms with van der Waals surface area (Å²) in [6.07, 6.45) is 0.612. The van der Waals surface area contributed by atoms with Crippen LogP contribution in [-0.2, 0) is 10.0 Å². The van der Waals surface area contributed by atoms with E-state index in [1.54, 1.807) is 0 Å². The minimum absolute atomic E-state index is 0.0443. The zero-order valence-corrected chi connectivity index (χ0v) is 10.5. The lowest BCUT2D eigenvalue weighted by atomic mass is 10.1. The van der Waals surface area contributed by atoms with Crippen molar-refractivity contribution in [1.29, 1.82) is 0 Å². The third-order valence-electron chi connectivity index (χ3n) is 3.04. The van der Waals surface area contributed by atoms with E-state index in [1.807, 2.05) is 0 Å². The number of aliphatic hydroxyl groups excluding tert-OH is 1. The molecular weight excluding hydrogens is 259 g/mol. The Labute approximate surface area is 105 Å². The average Bonchev–Trinajstić information content (AvgIpc) is 2.76. The fraction of sp³-hybridized carbons (Fsp3) is 0.455. The number of nitrogens with zero attached hydrogens (tertiary/aromatic N) is 1. The van der Waals surface area contributed by atoms with Crippen LogP contribution < -0.4 is 5.73 Å². The van der Waals surface area contributed by atoms with Gasteiger partial charge >= 0.3 is 0 Å². The smallest absolute Gasteiger partial charge is 0.243 e. The third-order valence-corrected chi connectivity index (χ3v) is 4.88. The number of hydrogen-bond acceptors (Lipinski definition) is 4. The molecular formula is C11H15FN2O3S. The number of anilines is 1. The number of rotatable bonds is 3. The number of sulfonamides is 1. The van der Waals surface area contributed by atoms with Crippen molar-refractivity contribution in [2.75, 3.05) is 25.4 Å². The SMILES string of the molecule is Nc1cc(F)cc(S(=O)(=O)N2CCC(CO)C2)c1. The summed E-state index contributed by atoms with van der Waals surface area (Å²) >= 11 is 0. The highest BCUT2D eigenvalue weighted by molar-refractivity contribution is 7.89. The van der Waals surface area contributed by atoms with Crippen LogP contribution in [0.2, 0.25) is 0 Å². The molecule has 0 amide bonds. The van der Waals surface area contributed by atoms with E-state index in [0.717, 1.165) is 12.1 Å². The number of aliphatic hydroxyl groups is 1. The minimum Gasteiger partial charge on any atom is -0.399 e. The van der Waals surface area contributed by atoms with Gasteiger partial charge in [0.1, 0.15) is 5.82 Å². The maximum atomic E-state index is 13.2. The fourth-order valence-corrected chi connectivity index (χ4v) is 3.64. The van der Waals surface area contributed by atoms with Crippen LogP contribution in [0.15, 0.2) is 23.1 Å². The molecule has 0 saturated carbocycles. The van der Waals surface area contributed by atoms with Gasteiger partial charge in [-0.05, 0) is 30.5 Å². The van der Waals surface area contributed by atoms with Crippen molar-refractivity contribution in [2.24, 2.45) is 5.92 Å². The molecule has 1 heterocycles. The van der Waals surface area contributed by atoms with Gasteiger partial charge in [0.2, 0.25) is 10.0 Å². The molecule has 1 aromatic carbocycles. The van der Waals surface area contributed by atoms with Crippen LogP contribution in [0.4, 0.5) is 10.1 Å². The number of benzene rings is 1. The van der Waals surface area contributed by atoms with E-state index in [0.29, 0.717) is 13.0 Å². The first-order valence-electron chi connectivity index (χ1n) is 5.60. The standard InChI is InChI=1S/C11H15FN2O3S/c12-9-3-10(13)5-11(4-9)18(16,17)14-2-1-8(6-14)7-15/h3-5,8,15H,1-2,6-7,13H2. The van der Waals surface area contributed by atoms with Gasteiger partial charge in [-0.15, -0.1) is 0 Å². The van der Waals surface area contributed by atoms with Gasteiger partial charge in [0.15, 0.2) is 0 Å². The van der Waals surface area contributed by atoms with Gasteiger partial charge in [-0.25, -0.2) is 12.8 Å². The summed E-state index contributed by atoms with van der Waals surface area (Å²) in [5, 5.41) is 9.01. The van der Waals surface area contributed by atoms with Crippen molar-refractivity contribution in [1.82, 2.24) is 4.31 Å². The Morgan fingerprint density at radius 1 is 1.44 bits per heavy atom. The van der Waals surface area contributed by atoms with E-state index >= 15 is 0 Å². The Morgan fingerprint density at radius 2 is 2.17 bits per heavy atom. The van der Waals surface area contributed by atoms with Crippen molar-refractivity contribution in [2.45, 2.75) is 11.3 Å². The summed E-state index contributed by atoms with van der Waals surface area (Å²) in [5.41, 5.74) is 5.52. The van der Waals surface area contributed by atoms with Crippen LogP contribution in [0, 0.1) is 11.7 Å². The highest BCUT2D eigenvalue weighted by Crippen LogP contribution is 2.25. The maximum absolute atomic E-state index is 13.2. The van der Waals surface area contributed by atoms with Crippen LogP contribution >= 0.6 is 0 Å². The topological polar surface area (TPSA) is 83.6 Å². The molecule has 1 aliphatic rings. The predicted molar refractivity (Wildman–Crippen MR) is 64.8 cm³/mol. The van der Waals surface area contributed by atoms with Gasteiger partial charge in [0.25, 0.3) is 0 Å².